The molecular weight excluding hydrogens is 413 g/mol. The molecular formula is C19H18FN5O4S. The molecule has 0 unspecified atom stereocenters. The summed E-state index contributed by atoms with van der Waals surface area (Å²) in [6, 6.07) is 9.01. The largest absolute Gasteiger partial charge is 0.494 e. The normalized spacial score (nSPS) is 12.0. The van der Waals surface area contributed by atoms with Gasteiger partial charge in [-0.15, -0.1) is 5.10 Å². The molecule has 4 aromatic rings. The number of hydrogen-bond acceptors (Lipinski definition) is 8. The van der Waals surface area contributed by atoms with Crippen LogP contribution < -0.4 is 10.5 Å². The molecule has 0 aliphatic carbocycles. The first kappa shape index (κ1) is 20.0. The van der Waals surface area contributed by atoms with E-state index in [9.17, 15) is 12.8 Å². The van der Waals surface area contributed by atoms with Gasteiger partial charge in [-0.05, 0) is 25.1 Å². The van der Waals surface area contributed by atoms with Gasteiger partial charge in [-0.3, -0.25) is 4.18 Å². The molecule has 11 heteroatoms. The van der Waals surface area contributed by atoms with Gasteiger partial charge in [0.15, 0.2) is 23.0 Å². The number of hydrogen-bond donors (Lipinski definition) is 1. The number of aryl methyl sites for hydroxylation is 1. The Kier molecular flexibility index (Phi) is 5.00. The van der Waals surface area contributed by atoms with E-state index in [-0.39, 0.29) is 35.4 Å². The van der Waals surface area contributed by atoms with E-state index in [0.717, 1.165) is 5.56 Å². The molecule has 0 saturated heterocycles. The quantitative estimate of drug-likeness (QED) is 0.462. The molecule has 0 aliphatic heterocycles. The number of nitrogen functional groups attached to an aromatic ring is 1. The molecule has 4 rings (SSSR count). The number of methoxy groups -OCH3 is 1. The van der Waals surface area contributed by atoms with Crippen LogP contribution in [-0.4, -0.2) is 41.7 Å². The Hall–Kier alpha value is -3.31. The molecule has 0 amide bonds. The van der Waals surface area contributed by atoms with Gasteiger partial charge < -0.3 is 10.5 Å². The SMILES string of the molecule is COc1cc2nc(N)n3nc(CCOS(=O)(=O)c4ccc(C)cc4)nc3c2cc1F. The first-order valence-electron chi connectivity index (χ1n) is 8.93. The number of benzene rings is 2. The van der Waals surface area contributed by atoms with Crippen LogP contribution >= 0.6 is 0 Å². The highest BCUT2D eigenvalue weighted by Gasteiger charge is 2.17. The van der Waals surface area contributed by atoms with Crippen LogP contribution in [-0.2, 0) is 20.7 Å². The van der Waals surface area contributed by atoms with E-state index in [1.54, 1.807) is 12.1 Å². The van der Waals surface area contributed by atoms with Crippen molar-refractivity contribution in [2.45, 2.75) is 18.2 Å². The molecule has 2 N–H and O–H groups in total. The smallest absolute Gasteiger partial charge is 0.296 e. The third-order valence-electron chi connectivity index (χ3n) is 4.49. The molecule has 156 valence electrons. The minimum atomic E-state index is -3.90. The van der Waals surface area contributed by atoms with E-state index in [1.807, 2.05) is 6.92 Å². The zero-order chi connectivity index (χ0) is 21.5. The summed E-state index contributed by atoms with van der Waals surface area (Å²) in [7, 11) is -2.54. The molecule has 2 aromatic carbocycles. The van der Waals surface area contributed by atoms with Crippen molar-refractivity contribution in [1.82, 2.24) is 19.6 Å². The number of halogens is 1. The molecule has 0 radical (unpaired) electrons. The van der Waals surface area contributed by atoms with Crippen LogP contribution in [0.3, 0.4) is 0 Å². The third-order valence-corrected chi connectivity index (χ3v) is 5.81. The van der Waals surface area contributed by atoms with E-state index in [1.165, 1.54) is 35.9 Å². The van der Waals surface area contributed by atoms with E-state index in [2.05, 4.69) is 15.1 Å². The minimum absolute atomic E-state index is 0.0354. The molecule has 9 nitrogen and oxygen atoms in total. The number of ether oxygens (including phenoxy) is 1. The summed E-state index contributed by atoms with van der Waals surface area (Å²) in [5, 5.41) is 4.63. The van der Waals surface area contributed by atoms with Crippen molar-refractivity contribution in [2.75, 3.05) is 19.5 Å². The zero-order valence-electron chi connectivity index (χ0n) is 16.2. The minimum Gasteiger partial charge on any atom is -0.494 e. The second-order valence-corrected chi connectivity index (χ2v) is 8.19. The fraction of sp³-hybridized carbons (Fsp3) is 0.211. The maximum atomic E-state index is 14.1. The van der Waals surface area contributed by atoms with Gasteiger partial charge in [-0.2, -0.15) is 12.9 Å². The number of nitrogens with zero attached hydrogens (tertiary/aromatic N) is 4. The molecule has 0 atom stereocenters. The predicted molar refractivity (Wildman–Crippen MR) is 107 cm³/mol. The summed E-state index contributed by atoms with van der Waals surface area (Å²) in [6.45, 7) is 1.69. The van der Waals surface area contributed by atoms with Crippen molar-refractivity contribution in [3.63, 3.8) is 0 Å². The lowest BCUT2D eigenvalue weighted by molar-refractivity contribution is 0.319. The van der Waals surface area contributed by atoms with Crippen LogP contribution in [0.5, 0.6) is 5.75 Å². The highest BCUT2D eigenvalue weighted by atomic mass is 32.2. The monoisotopic (exact) mass is 431 g/mol. The summed E-state index contributed by atoms with van der Waals surface area (Å²) in [5.41, 5.74) is 7.58. The Morgan fingerprint density at radius 1 is 1.17 bits per heavy atom. The average Bonchev–Trinajstić information content (AvgIpc) is 3.13. The van der Waals surface area contributed by atoms with Gasteiger partial charge in [-0.1, -0.05) is 17.7 Å². The topological polar surface area (TPSA) is 122 Å². The summed E-state index contributed by atoms with van der Waals surface area (Å²) in [6.07, 6.45) is 0.104. The van der Waals surface area contributed by atoms with Gasteiger partial charge in [0.05, 0.1) is 24.1 Å². The molecule has 0 aliphatic rings. The second-order valence-electron chi connectivity index (χ2n) is 6.58. The Labute approximate surface area is 171 Å². The van der Waals surface area contributed by atoms with Crippen LogP contribution in [0.15, 0.2) is 41.3 Å². The second kappa shape index (κ2) is 7.50. The number of aromatic nitrogens is 4. The summed E-state index contributed by atoms with van der Waals surface area (Å²) < 4.78 is 50.0. The van der Waals surface area contributed by atoms with E-state index < -0.39 is 15.9 Å². The maximum Gasteiger partial charge on any atom is 0.296 e. The van der Waals surface area contributed by atoms with Gasteiger partial charge >= 0.3 is 0 Å². The maximum absolute atomic E-state index is 14.1. The fourth-order valence-electron chi connectivity index (χ4n) is 2.95. The fourth-order valence-corrected chi connectivity index (χ4v) is 3.86. The number of anilines is 1. The van der Waals surface area contributed by atoms with Crippen molar-refractivity contribution in [2.24, 2.45) is 0 Å². The molecule has 0 bridgehead atoms. The summed E-state index contributed by atoms with van der Waals surface area (Å²) in [4.78, 5) is 8.62. The van der Waals surface area contributed by atoms with Crippen molar-refractivity contribution >= 4 is 32.6 Å². The van der Waals surface area contributed by atoms with Gasteiger partial charge in [-0.25, -0.2) is 14.4 Å². The zero-order valence-corrected chi connectivity index (χ0v) is 17.0. The molecule has 30 heavy (non-hydrogen) atoms. The van der Waals surface area contributed by atoms with Crippen LogP contribution in [0.25, 0.3) is 16.6 Å². The third kappa shape index (κ3) is 3.64. The Morgan fingerprint density at radius 2 is 1.90 bits per heavy atom. The Morgan fingerprint density at radius 3 is 2.60 bits per heavy atom. The van der Waals surface area contributed by atoms with Gasteiger partial charge in [0, 0.05) is 17.9 Å². The lowest BCUT2D eigenvalue weighted by Gasteiger charge is -2.05. The number of fused-ring (bicyclic) bond motifs is 3. The predicted octanol–water partition coefficient (Wildman–Crippen LogP) is 2.26. The van der Waals surface area contributed by atoms with E-state index in [0.29, 0.717) is 16.6 Å². The first-order chi connectivity index (χ1) is 14.3. The van der Waals surface area contributed by atoms with Crippen LogP contribution in [0.1, 0.15) is 11.4 Å². The van der Waals surface area contributed by atoms with Crippen LogP contribution in [0.4, 0.5) is 10.3 Å². The highest BCUT2D eigenvalue weighted by molar-refractivity contribution is 7.86. The van der Waals surface area contributed by atoms with Gasteiger partial charge in [0.25, 0.3) is 10.1 Å². The van der Waals surface area contributed by atoms with E-state index >= 15 is 0 Å². The van der Waals surface area contributed by atoms with Crippen molar-refractivity contribution < 1.29 is 21.7 Å². The lowest BCUT2D eigenvalue weighted by atomic mass is 10.2. The number of rotatable bonds is 6. The first-order valence-corrected chi connectivity index (χ1v) is 10.3. The molecule has 0 spiro atoms. The van der Waals surface area contributed by atoms with Crippen LogP contribution in [0.2, 0.25) is 0 Å². The van der Waals surface area contributed by atoms with Gasteiger partial charge in [0.1, 0.15) is 0 Å². The summed E-state index contributed by atoms with van der Waals surface area (Å²) >= 11 is 0. The summed E-state index contributed by atoms with van der Waals surface area (Å²) in [5.74, 6) is -0.201. The molecule has 2 heterocycles. The molecule has 0 fully saturated rings. The highest BCUT2D eigenvalue weighted by Crippen LogP contribution is 2.27. The van der Waals surface area contributed by atoms with Crippen molar-refractivity contribution in [1.29, 1.82) is 0 Å². The Bertz CT molecular complexity index is 1350. The van der Waals surface area contributed by atoms with Gasteiger partial charge in [0.2, 0.25) is 5.95 Å². The lowest BCUT2D eigenvalue weighted by Crippen LogP contribution is -2.10. The van der Waals surface area contributed by atoms with Crippen LogP contribution in [0, 0.1) is 12.7 Å². The Balaban J connectivity index is 1.59. The molecule has 2 aromatic heterocycles. The van der Waals surface area contributed by atoms with Crippen molar-refractivity contribution in [3.05, 3.63) is 53.6 Å². The standard InChI is InChI=1S/C19H18FN5O4S/c1-11-3-5-12(6-4-11)30(26,27)29-8-7-17-23-18-13-9-14(20)16(28-2)10-15(13)22-19(21)25(18)24-17/h3-6,9-10H,7-8H2,1-2H3,(H2,21,22). The van der Waals surface area contributed by atoms with Crippen molar-refractivity contribution in [3.8, 4) is 5.75 Å². The molecule has 0 saturated carbocycles. The average molecular weight is 431 g/mol. The van der Waals surface area contributed by atoms with E-state index in [4.69, 9.17) is 14.7 Å². The number of nitrogens with two attached hydrogens (primary N) is 1.